The summed E-state index contributed by atoms with van der Waals surface area (Å²) in [5, 5.41) is 19.3. The molecule has 2 aromatic rings. The maximum Gasteiger partial charge on any atom is 0.119 e. The maximum atomic E-state index is 10.3. The number of aliphatic hydroxyl groups is 1. The Hall–Kier alpha value is -2.39. The highest BCUT2D eigenvalue weighted by molar-refractivity contribution is 5.27. The Morgan fingerprint density at radius 2 is 1.79 bits per heavy atom. The predicted octanol–water partition coefficient (Wildman–Crippen LogP) is 3.29. The van der Waals surface area contributed by atoms with Gasteiger partial charge in [0.2, 0.25) is 0 Å². The van der Waals surface area contributed by atoms with Crippen molar-refractivity contribution in [1.82, 2.24) is 9.80 Å². The molecule has 1 fully saturated rings. The third kappa shape index (κ3) is 7.17. The van der Waals surface area contributed by atoms with Crippen LogP contribution in [0.5, 0.6) is 5.75 Å². The zero-order valence-corrected chi connectivity index (χ0v) is 17.2. The van der Waals surface area contributed by atoms with Crippen LogP contribution in [0.4, 0.5) is 0 Å². The highest BCUT2D eigenvalue weighted by Gasteiger charge is 2.18. The minimum absolute atomic E-state index is 0.222. The number of likely N-dealkylation sites (N-methyl/N-ethyl adjacent to an activating group) is 1. The van der Waals surface area contributed by atoms with E-state index in [-0.39, 0.29) is 12.5 Å². The molecule has 0 amide bonds. The van der Waals surface area contributed by atoms with Crippen molar-refractivity contribution in [2.45, 2.75) is 32.0 Å². The Balaban J connectivity index is 1.37. The largest absolute Gasteiger partial charge is 0.491 e. The number of hydrogen-bond donors (Lipinski definition) is 1. The molecule has 0 spiro atoms. The van der Waals surface area contributed by atoms with E-state index >= 15 is 0 Å². The van der Waals surface area contributed by atoms with Crippen molar-refractivity contribution >= 4 is 0 Å². The molecule has 0 aliphatic carbocycles. The summed E-state index contributed by atoms with van der Waals surface area (Å²) in [6, 6.07) is 20.7. The van der Waals surface area contributed by atoms with Gasteiger partial charge >= 0.3 is 0 Å². The predicted molar refractivity (Wildman–Crippen MR) is 114 cm³/mol. The molecule has 1 saturated heterocycles. The first-order valence-corrected chi connectivity index (χ1v) is 10.4. The summed E-state index contributed by atoms with van der Waals surface area (Å²) < 4.78 is 5.77. The number of nitrogens with zero attached hydrogens (tertiary/aromatic N) is 3. The highest BCUT2D eigenvalue weighted by Crippen LogP contribution is 2.19. The van der Waals surface area contributed by atoms with Crippen LogP contribution in [-0.4, -0.2) is 54.3 Å². The molecule has 29 heavy (non-hydrogen) atoms. The summed E-state index contributed by atoms with van der Waals surface area (Å²) in [5.74, 6) is 1.00. The second kappa shape index (κ2) is 11.0. The van der Waals surface area contributed by atoms with E-state index in [0.717, 1.165) is 44.8 Å². The monoisotopic (exact) mass is 393 g/mol. The lowest BCUT2D eigenvalue weighted by atomic mass is 9.98. The number of ether oxygens (including phenoxy) is 1. The molecule has 0 radical (unpaired) electrons. The number of benzene rings is 2. The Kier molecular flexibility index (Phi) is 8.06. The molecule has 1 N–H and O–H groups in total. The van der Waals surface area contributed by atoms with Gasteiger partial charge in [-0.2, -0.15) is 5.26 Å². The first-order valence-electron chi connectivity index (χ1n) is 10.4. The normalized spacial score (nSPS) is 16.5. The van der Waals surface area contributed by atoms with Gasteiger partial charge in [-0.25, -0.2) is 0 Å². The molecule has 0 aromatic heterocycles. The van der Waals surface area contributed by atoms with Gasteiger partial charge in [0, 0.05) is 25.6 Å². The molecule has 5 heteroatoms. The quantitative estimate of drug-likeness (QED) is 0.708. The average Bonchev–Trinajstić information content (AvgIpc) is 2.74. The summed E-state index contributed by atoms with van der Waals surface area (Å²) in [6.07, 6.45) is 1.40. The maximum absolute atomic E-state index is 10.3. The van der Waals surface area contributed by atoms with E-state index < -0.39 is 6.10 Å². The molecule has 3 rings (SSSR count). The van der Waals surface area contributed by atoms with Crippen LogP contribution in [0.1, 0.15) is 24.0 Å². The van der Waals surface area contributed by atoms with E-state index in [1.54, 1.807) is 0 Å². The minimum atomic E-state index is -0.537. The lowest BCUT2D eigenvalue weighted by molar-refractivity contribution is 0.0744. The zero-order chi connectivity index (χ0) is 20.5. The molecule has 1 heterocycles. The van der Waals surface area contributed by atoms with E-state index in [9.17, 15) is 5.11 Å². The number of nitriles is 1. The van der Waals surface area contributed by atoms with Crippen molar-refractivity contribution in [3.63, 3.8) is 0 Å². The second-order valence-corrected chi connectivity index (χ2v) is 7.97. The molecule has 154 valence electrons. The molecule has 0 bridgehead atoms. The topological polar surface area (TPSA) is 59.7 Å². The SMILES string of the molecule is CN(Cc1ccccc1)C[C@H](O)COc1ccc(CN2CCC(C#N)CC2)cc1. The van der Waals surface area contributed by atoms with E-state index in [1.165, 1.54) is 11.1 Å². The van der Waals surface area contributed by atoms with Crippen molar-refractivity contribution in [3.05, 3.63) is 65.7 Å². The summed E-state index contributed by atoms with van der Waals surface area (Å²) in [4.78, 5) is 4.50. The van der Waals surface area contributed by atoms with Crippen LogP contribution in [0.2, 0.25) is 0 Å². The van der Waals surface area contributed by atoms with Crippen molar-refractivity contribution in [3.8, 4) is 11.8 Å². The third-order valence-corrected chi connectivity index (χ3v) is 5.36. The zero-order valence-electron chi connectivity index (χ0n) is 17.2. The standard InChI is InChI=1S/C24H31N3O2/c1-26(16-21-5-3-2-4-6-21)18-23(28)19-29-24-9-7-22(8-10-24)17-27-13-11-20(15-25)12-14-27/h2-10,20,23,28H,11-14,16-19H2,1H3/t23-/m0/s1. The Labute approximate surface area is 174 Å². The van der Waals surface area contributed by atoms with Crippen molar-refractivity contribution in [2.24, 2.45) is 5.92 Å². The number of rotatable bonds is 9. The number of aliphatic hydroxyl groups excluding tert-OH is 1. The Morgan fingerprint density at radius 3 is 2.45 bits per heavy atom. The van der Waals surface area contributed by atoms with Gasteiger partial charge in [0.15, 0.2) is 0 Å². The number of piperidine rings is 1. The minimum Gasteiger partial charge on any atom is -0.491 e. The van der Waals surface area contributed by atoms with E-state index in [1.807, 2.05) is 37.4 Å². The Morgan fingerprint density at radius 1 is 1.10 bits per heavy atom. The van der Waals surface area contributed by atoms with Gasteiger partial charge < -0.3 is 9.84 Å². The fourth-order valence-electron chi connectivity index (χ4n) is 3.73. The van der Waals surface area contributed by atoms with Gasteiger partial charge in [0.25, 0.3) is 0 Å². The molecule has 5 nitrogen and oxygen atoms in total. The third-order valence-electron chi connectivity index (χ3n) is 5.36. The molecular formula is C24H31N3O2. The Bertz CT molecular complexity index is 765. The molecule has 1 aliphatic heterocycles. The second-order valence-electron chi connectivity index (χ2n) is 7.97. The molecule has 1 atom stereocenters. The van der Waals surface area contributed by atoms with E-state index in [4.69, 9.17) is 10.00 Å². The van der Waals surface area contributed by atoms with Gasteiger partial charge in [-0.05, 0) is 56.2 Å². The fourth-order valence-corrected chi connectivity index (χ4v) is 3.73. The molecule has 0 unspecified atom stereocenters. The average molecular weight is 394 g/mol. The lowest BCUT2D eigenvalue weighted by Gasteiger charge is -2.29. The van der Waals surface area contributed by atoms with Gasteiger partial charge in [-0.1, -0.05) is 42.5 Å². The summed E-state index contributed by atoms with van der Waals surface area (Å²) in [7, 11) is 2.00. The first kappa shape index (κ1) is 21.3. The lowest BCUT2D eigenvalue weighted by Crippen LogP contribution is -2.33. The van der Waals surface area contributed by atoms with E-state index in [0.29, 0.717) is 6.54 Å². The molecule has 2 aromatic carbocycles. The summed E-state index contributed by atoms with van der Waals surface area (Å²) >= 11 is 0. The van der Waals surface area contributed by atoms with Gasteiger partial charge in [-0.3, -0.25) is 9.80 Å². The smallest absolute Gasteiger partial charge is 0.119 e. The first-order chi connectivity index (χ1) is 14.1. The van der Waals surface area contributed by atoms with Crippen LogP contribution in [-0.2, 0) is 13.1 Å². The van der Waals surface area contributed by atoms with Crippen LogP contribution in [0.15, 0.2) is 54.6 Å². The van der Waals surface area contributed by atoms with Crippen LogP contribution < -0.4 is 4.74 Å². The van der Waals surface area contributed by atoms with Crippen LogP contribution in [0.25, 0.3) is 0 Å². The van der Waals surface area contributed by atoms with Gasteiger partial charge in [-0.15, -0.1) is 0 Å². The molecular weight excluding hydrogens is 362 g/mol. The van der Waals surface area contributed by atoms with E-state index in [2.05, 4.69) is 40.1 Å². The van der Waals surface area contributed by atoms with Crippen LogP contribution in [0.3, 0.4) is 0 Å². The van der Waals surface area contributed by atoms with Gasteiger partial charge in [0.1, 0.15) is 18.5 Å². The van der Waals surface area contributed by atoms with Gasteiger partial charge in [0.05, 0.1) is 6.07 Å². The number of hydrogen-bond acceptors (Lipinski definition) is 5. The summed E-state index contributed by atoms with van der Waals surface area (Å²) in [5.41, 5.74) is 2.48. The summed E-state index contributed by atoms with van der Waals surface area (Å²) in [6.45, 7) is 4.52. The van der Waals surface area contributed by atoms with Crippen LogP contribution in [0, 0.1) is 17.2 Å². The fraction of sp³-hybridized carbons (Fsp3) is 0.458. The molecule has 0 saturated carbocycles. The van der Waals surface area contributed by atoms with Crippen molar-refractivity contribution in [2.75, 3.05) is 33.3 Å². The number of likely N-dealkylation sites (tertiary alicyclic amines) is 1. The van der Waals surface area contributed by atoms with Crippen molar-refractivity contribution < 1.29 is 9.84 Å². The molecule has 1 aliphatic rings. The van der Waals surface area contributed by atoms with Crippen molar-refractivity contribution in [1.29, 1.82) is 5.26 Å². The van der Waals surface area contributed by atoms with Crippen LogP contribution >= 0.6 is 0 Å². The highest BCUT2D eigenvalue weighted by atomic mass is 16.5.